The molecule has 2 saturated heterocycles. The van der Waals surface area contributed by atoms with Crippen LogP contribution in [0.3, 0.4) is 0 Å². The minimum Gasteiger partial charge on any atom is -0.381 e. The second-order valence-electron chi connectivity index (χ2n) is 4.41. The third-order valence-electron chi connectivity index (χ3n) is 3.27. The number of rotatable bonds is 3. The lowest BCUT2D eigenvalue weighted by Crippen LogP contribution is -2.38. The van der Waals surface area contributed by atoms with Gasteiger partial charge >= 0.3 is 0 Å². The van der Waals surface area contributed by atoms with E-state index in [1.54, 1.807) is 0 Å². The molecule has 1 unspecified atom stereocenters. The quantitative estimate of drug-likeness (QED) is 0.719. The lowest BCUT2D eigenvalue weighted by molar-refractivity contribution is 0.161. The predicted molar refractivity (Wildman–Crippen MR) is 52.9 cm³/mol. The van der Waals surface area contributed by atoms with Crippen molar-refractivity contribution in [3.05, 3.63) is 0 Å². The molecule has 3 nitrogen and oxygen atoms in total. The SMILES string of the molecule is NC[C@@H]1C[C@H](F)CN1CC1CCOC1. The maximum atomic E-state index is 13.2. The standard InChI is InChI=1S/C10H19FN2O/c11-9-3-10(4-12)13(6-9)5-8-1-2-14-7-8/h8-10H,1-7,12H2/t8?,9-,10-/m0/s1. The van der Waals surface area contributed by atoms with Gasteiger partial charge < -0.3 is 10.5 Å². The van der Waals surface area contributed by atoms with Crippen LogP contribution in [0.1, 0.15) is 12.8 Å². The zero-order valence-electron chi connectivity index (χ0n) is 8.49. The summed E-state index contributed by atoms with van der Waals surface area (Å²) in [5, 5.41) is 0. The molecule has 3 atom stereocenters. The molecule has 14 heavy (non-hydrogen) atoms. The van der Waals surface area contributed by atoms with Crippen molar-refractivity contribution in [1.82, 2.24) is 4.90 Å². The molecular weight excluding hydrogens is 183 g/mol. The number of halogens is 1. The smallest absolute Gasteiger partial charge is 0.114 e. The summed E-state index contributed by atoms with van der Waals surface area (Å²) in [7, 11) is 0. The van der Waals surface area contributed by atoms with E-state index in [1.165, 1.54) is 0 Å². The molecule has 2 fully saturated rings. The molecule has 0 radical (unpaired) electrons. The highest BCUT2D eigenvalue weighted by molar-refractivity contribution is 4.87. The number of ether oxygens (including phenoxy) is 1. The molecular formula is C10H19FN2O. The Kier molecular flexibility index (Phi) is 3.36. The number of hydrogen-bond donors (Lipinski definition) is 1. The Morgan fingerprint density at radius 1 is 1.50 bits per heavy atom. The summed E-state index contributed by atoms with van der Waals surface area (Å²) >= 11 is 0. The van der Waals surface area contributed by atoms with E-state index in [1.807, 2.05) is 0 Å². The van der Waals surface area contributed by atoms with Gasteiger partial charge in [-0.05, 0) is 18.8 Å². The van der Waals surface area contributed by atoms with Crippen LogP contribution in [0.4, 0.5) is 4.39 Å². The van der Waals surface area contributed by atoms with E-state index in [4.69, 9.17) is 10.5 Å². The van der Waals surface area contributed by atoms with Gasteiger partial charge in [-0.15, -0.1) is 0 Å². The molecule has 2 aliphatic rings. The summed E-state index contributed by atoms with van der Waals surface area (Å²) < 4.78 is 18.5. The van der Waals surface area contributed by atoms with Crippen molar-refractivity contribution in [3.8, 4) is 0 Å². The lowest BCUT2D eigenvalue weighted by Gasteiger charge is -2.25. The van der Waals surface area contributed by atoms with Crippen LogP contribution < -0.4 is 5.73 Å². The molecule has 0 saturated carbocycles. The van der Waals surface area contributed by atoms with E-state index in [9.17, 15) is 4.39 Å². The van der Waals surface area contributed by atoms with Crippen LogP contribution >= 0.6 is 0 Å². The molecule has 4 heteroatoms. The van der Waals surface area contributed by atoms with E-state index in [0.717, 1.165) is 26.2 Å². The maximum absolute atomic E-state index is 13.2. The van der Waals surface area contributed by atoms with Crippen LogP contribution in [0, 0.1) is 5.92 Å². The Hall–Kier alpha value is -0.190. The molecule has 0 bridgehead atoms. The van der Waals surface area contributed by atoms with Gasteiger partial charge in [0.2, 0.25) is 0 Å². The highest BCUT2D eigenvalue weighted by Crippen LogP contribution is 2.23. The van der Waals surface area contributed by atoms with Gasteiger partial charge in [0.15, 0.2) is 0 Å². The fraction of sp³-hybridized carbons (Fsp3) is 1.00. The van der Waals surface area contributed by atoms with Crippen molar-refractivity contribution in [1.29, 1.82) is 0 Å². The molecule has 0 aromatic rings. The Labute approximate surface area is 84.4 Å². The number of nitrogens with two attached hydrogens (primary N) is 1. The highest BCUT2D eigenvalue weighted by Gasteiger charge is 2.33. The third-order valence-corrected chi connectivity index (χ3v) is 3.27. The van der Waals surface area contributed by atoms with E-state index in [-0.39, 0.29) is 6.04 Å². The first-order valence-electron chi connectivity index (χ1n) is 5.45. The first-order valence-corrected chi connectivity index (χ1v) is 5.45. The monoisotopic (exact) mass is 202 g/mol. The van der Waals surface area contributed by atoms with Gasteiger partial charge in [-0.25, -0.2) is 4.39 Å². The first-order chi connectivity index (χ1) is 6.79. The molecule has 0 aromatic heterocycles. The molecule has 2 N–H and O–H groups in total. The van der Waals surface area contributed by atoms with Crippen LogP contribution in [0.25, 0.3) is 0 Å². The van der Waals surface area contributed by atoms with Crippen LogP contribution in [-0.2, 0) is 4.74 Å². The van der Waals surface area contributed by atoms with Crippen LogP contribution in [0.15, 0.2) is 0 Å². The van der Waals surface area contributed by atoms with Gasteiger partial charge in [-0.1, -0.05) is 0 Å². The van der Waals surface area contributed by atoms with Crippen molar-refractivity contribution >= 4 is 0 Å². The number of likely N-dealkylation sites (tertiary alicyclic amines) is 1. The van der Waals surface area contributed by atoms with Crippen LogP contribution in [0.5, 0.6) is 0 Å². The molecule has 2 aliphatic heterocycles. The highest BCUT2D eigenvalue weighted by atomic mass is 19.1. The largest absolute Gasteiger partial charge is 0.381 e. The molecule has 0 spiro atoms. The maximum Gasteiger partial charge on any atom is 0.114 e. The molecule has 0 amide bonds. The molecule has 0 aromatic carbocycles. The topological polar surface area (TPSA) is 38.5 Å². The fourth-order valence-electron chi connectivity index (χ4n) is 2.45. The normalized spacial score (nSPS) is 39.4. The zero-order chi connectivity index (χ0) is 9.97. The lowest BCUT2D eigenvalue weighted by atomic mass is 10.1. The molecule has 82 valence electrons. The average Bonchev–Trinajstić information content (AvgIpc) is 2.76. The van der Waals surface area contributed by atoms with Gasteiger partial charge in [0.25, 0.3) is 0 Å². The minimum atomic E-state index is -0.675. The second kappa shape index (κ2) is 4.55. The van der Waals surface area contributed by atoms with Crippen molar-refractivity contribution in [3.63, 3.8) is 0 Å². The van der Waals surface area contributed by atoms with Crippen LogP contribution in [0.2, 0.25) is 0 Å². The van der Waals surface area contributed by atoms with E-state index >= 15 is 0 Å². The molecule has 2 heterocycles. The Bertz CT molecular complexity index is 185. The van der Waals surface area contributed by atoms with E-state index < -0.39 is 6.17 Å². The van der Waals surface area contributed by atoms with E-state index in [0.29, 0.717) is 25.4 Å². The minimum absolute atomic E-state index is 0.255. The van der Waals surface area contributed by atoms with Gasteiger partial charge in [-0.3, -0.25) is 4.90 Å². The van der Waals surface area contributed by atoms with Crippen molar-refractivity contribution in [2.24, 2.45) is 11.7 Å². The number of hydrogen-bond acceptors (Lipinski definition) is 3. The summed E-state index contributed by atoms with van der Waals surface area (Å²) in [4.78, 5) is 2.20. The zero-order valence-corrected chi connectivity index (χ0v) is 8.49. The fourth-order valence-corrected chi connectivity index (χ4v) is 2.45. The van der Waals surface area contributed by atoms with Gasteiger partial charge in [0.1, 0.15) is 6.17 Å². The molecule has 2 rings (SSSR count). The molecule has 0 aliphatic carbocycles. The Morgan fingerprint density at radius 3 is 3.00 bits per heavy atom. The average molecular weight is 202 g/mol. The predicted octanol–water partition coefficient (Wildman–Crippen LogP) is 0.394. The van der Waals surface area contributed by atoms with Crippen LogP contribution in [-0.4, -0.2) is 50.0 Å². The Balaban J connectivity index is 1.83. The van der Waals surface area contributed by atoms with Gasteiger partial charge in [0, 0.05) is 32.3 Å². The second-order valence-corrected chi connectivity index (χ2v) is 4.41. The van der Waals surface area contributed by atoms with Crippen molar-refractivity contribution in [2.45, 2.75) is 25.1 Å². The first kappa shape index (κ1) is 10.3. The summed E-state index contributed by atoms with van der Waals surface area (Å²) in [6, 6.07) is 0.255. The summed E-state index contributed by atoms with van der Waals surface area (Å²) in [5.41, 5.74) is 5.62. The Morgan fingerprint density at radius 2 is 2.36 bits per heavy atom. The summed E-state index contributed by atoms with van der Waals surface area (Å²) in [5.74, 6) is 0.592. The van der Waals surface area contributed by atoms with Crippen molar-refractivity contribution in [2.75, 3.05) is 32.8 Å². The summed E-state index contributed by atoms with van der Waals surface area (Å²) in [6.45, 7) is 3.81. The van der Waals surface area contributed by atoms with Gasteiger partial charge in [-0.2, -0.15) is 0 Å². The number of alkyl halides is 1. The van der Waals surface area contributed by atoms with Gasteiger partial charge in [0.05, 0.1) is 6.61 Å². The van der Waals surface area contributed by atoms with E-state index in [2.05, 4.69) is 4.90 Å². The third kappa shape index (κ3) is 2.24. The summed E-state index contributed by atoms with van der Waals surface area (Å²) in [6.07, 6.45) is 1.06. The number of nitrogens with zero attached hydrogens (tertiary/aromatic N) is 1. The van der Waals surface area contributed by atoms with Crippen molar-refractivity contribution < 1.29 is 9.13 Å².